The molecular formula is C30H25NOS. The van der Waals surface area contributed by atoms with E-state index in [-0.39, 0.29) is 5.91 Å². The lowest BCUT2D eigenvalue weighted by Gasteiger charge is -2.32. The number of likely N-dealkylation sites (tertiary alicyclic amines) is 1. The van der Waals surface area contributed by atoms with E-state index in [1.165, 1.54) is 26.4 Å². The topological polar surface area (TPSA) is 20.3 Å². The molecule has 4 aromatic carbocycles. The van der Waals surface area contributed by atoms with Crippen LogP contribution in [0, 0.1) is 0 Å². The molecule has 0 unspecified atom stereocenters. The fraction of sp³-hybridized carbons (Fsp3) is 0.167. The lowest BCUT2D eigenvalue weighted by molar-refractivity contribution is 0.0718. The molecule has 0 radical (unpaired) electrons. The van der Waals surface area contributed by atoms with Gasteiger partial charge in [0.1, 0.15) is 4.88 Å². The van der Waals surface area contributed by atoms with Crippen LogP contribution in [0.1, 0.15) is 34.0 Å². The van der Waals surface area contributed by atoms with Crippen LogP contribution in [-0.4, -0.2) is 23.9 Å². The summed E-state index contributed by atoms with van der Waals surface area (Å²) in [6, 6.07) is 34.0. The van der Waals surface area contributed by atoms with Crippen molar-refractivity contribution in [2.45, 2.75) is 18.8 Å². The molecule has 1 fully saturated rings. The molecule has 1 aromatic heterocycles. The molecule has 1 saturated heterocycles. The molecule has 2 nitrogen and oxygen atoms in total. The third-order valence-corrected chi connectivity index (χ3v) is 8.06. The van der Waals surface area contributed by atoms with Crippen molar-refractivity contribution >= 4 is 38.1 Å². The minimum Gasteiger partial charge on any atom is -0.338 e. The maximum absolute atomic E-state index is 13.9. The maximum Gasteiger partial charge on any atom is 0.264 e. The van der Waals surface area contributed by atoms with Crippen molar-refractivity contribution in [3.05, 3.63) is 108 Å². The van der Waals surface area contributed by atoms with Crippen molar-refractivity contribution in [2.24, 2.45) is 0 Å². The Morgan fingerprint density at radius 1 is 0.727 bits per heavy atom. The van der Waals surface area contributed by atoms with Gasteiger partial charge >= 0.3 is 0 Å². The molecule has 5 aromatic rings. The Balaban J connectivity index is 1.39. The first-order chi connectivity index (χ1) is 16.3. The largest absolute Gasteiger partial charge is 0.338 e. The lowest BCUT2D eigenvalue weighted by Crippen LogP contribution is -2.37. The number of rotatable bonds is 3. The van der Waals surface area contributed by atoms with Crippen molar-refractivity contribution in [2.75, 3.05) is 13.1 Å². The average molecular weight is 448 g/mol. The summed E-state index contributed by atoms with van der Waals surface area (Å²) in [6.07, 6.45) is 2.04. The molecule has 0 atom stereocenters. The number of carbonyl (C=O) groups excluding carboxylic acids is 1. The van der Waals surface area contributed by atoms with Gasteiger partial charge in [-0.05, 0) is 46.7 Å². The Morgan fingerprint density at radius 2 is 1.39 bits per heavy atom. The van der Waals surface area contributed by atoms with E-state index in [1.807, 2.05) is 0 Å². The Labute approximate surface area is 198 Å². The molecule has 0 saturated carbocycles. The van der Waals surface area contributed by atoms with Gasteiger partial charge < -0.3 is 4.90 Å². The Kier molecular flexibility index (Phi) is 5.20. The van der Waals surface area contributed by atoms with Gasteiger partial charge in [0.2, 0.25) is 0 Å². The first-order valence-electron chi connectivity index (χ1n) is 11.6. The Bertz CT molecular complexity index is 1440. The fourth-order valence-corrected chi connectivity index (χ4v) is 6.38. The van der Waals surface area contributed by atoms with Crippen LogP contribution in [-0.2, 0) is 0 Å². The highest BCUT2D eigenvalue weighted by atomic mass is 32.1. The number of fused-ring (bicyclic) bond motifs is 2. The van der Waals surface area contributed by atoms with Crippen LogP contribution in [0.5, 0.6) is 0 Å². The smallest absolute Gasteiger partial charge is 0.264 e. The number of nitrogens with zero attached hydrogens (tertiary/aromatic N) is 1. The van der Waals surface area contributed by atoms with Crippen LogP contribution in [0.3, 0.4) is 0 Å². The lowest BCUT2D eigenvalue weighted by atomic mass is 9.89. The van der Waals surface area contributed by atoms with E-state index in [9.17, 15) is 4.79 Å². The summed E-state index contributed by atoms with van der Waals surface area (Å²) in [7, 11) is 0. The predicted molar refractivity (Wildman–Crippen MR) is 139 cm³/mol. The first kappa shape index (κ1) is 20.2. The molecule has 0 spiro atoms. The quantitative estimate of drug-likeness (QED) is 0.277. The third-order valence-electron chi connectivity index (χ3n) is 6.90. The van der Waals surface area contributed by atoms with Gasteiger partial charge in [0.25, 0.3) is 5.91 Å². The molecule has 162 valence electrons. The molecular weight excluding hydrogens is 422 g/mol. The van der Waals surface area contributed by atoms with Gasteiger partial charge in [-0.25, -0.2) is 0 Å². The molecule has 1 aliphatic heterocycles. The van der Waals surface area contributed by atoms with E-state index in [1.54, 1.807) is 11.3 Å². The van der Waals surface area contributed by atoms with Gasteiger partial charge in [0.15, 0.2) is 0 Å². The van der Waals surface area contributed by atoms with Crippen LogP contribution < -0.4 is 0 Å². The normalized spacial score (nSPS) is 14.7. The van der Waals surface area contributed by atoms with Gasteiger partial charge in [0.05, 0.1) is 0 Å². The number of thiophene rings is 1. The minimum absolute atomic E-state index is 0.172. The Hall–Kier alpha value is -3.43. The molecule has 2 heterocycles. The number of hydrogen-bond acceptors (Lipinski definition) is 2. The van der Waals surface area contributed by atoms with Crippen LogP contribution >= 0.6 is 11.3 Å². The zero-order valence-electron chi connectivity index (χ0n) is 18.4. The summed E-state index contributed by atoms with van der Waals surface area (Å²) >= 11 is 1.64. The van der Waals surface area contributed by atoms with E-state index in [0.717, 1.165) is 41.9 Å². The van der Waals surface area contributed by atoms with Crippen molar-refractivity contribution in [1.82, 2.24) is 4.90 Å². The maximum atomic E-state index is 13.9. The highest BCUT2D eigenvalue weighted by Gasteiger charge is 2.28. The third kappa shape index (κ3) is 3.63. The molecule has 33 heavy (non-hydrogen) atoms. The standard InChI is InChI=1S/C30H25NOS/c32-30(31-19-17-22(18-20-31)21-9-2-1-3-10-21)29-28(26-14-6-7-16-27(26)33-29)25-15-8-12-23-11-4-5-13-24(23)25/h1-16,22H,17-20H2. The van der Waals surface area contributed by atoms with Gasteiger partial charge in [-0.3, -0.25) is 4.79 Å². The van der Waals surface area contributed by atoms with E-state index < -0.39 is 0 Å². The highest BCUT2D eigenvalue weighted by molar-refractivity contribution is 7.21. The van der Waals surface area contributed by atoms with Crippen molar-refractivity contribution in [1.29, 1.82) is 0 Å². The van der Waals surface area contributed by atoms with E-state index in [4.69, 9.17) is 0 Å². The molecule has 0 aliphatic carbocycles. The molecule has 0 N–H and O–H groups in total. The summed E-state index contributed by atoms with van der Waals surface area (Å²) in [5.41, 5.74) is 3.62. The Morgan fingerprint density at radius 3 is 2.21 bits per heavy atom. The predicted octanol–water partition coefficient (Wildman–Crippen LogP) is 7.74. The molecule has 0 bridgehead atoms. The highest BCUT2D eigenvalue weighted by Crippen LogP contribution is 2.42. The fourth-order valence-electron chi connectivity index (χ4n) is 5.19. The SMILES string of the molecule is O=C(c1sc2ccccc2c1-c1cccc2ccccc12)N1CCC(c2ccccc2)CC1. The van der Waals surface area contributed by atoms with Crippen LogP contribution in [0.15, 0.2) is 97.1 Å². The second kappa shape index (κ2) is 8.49. The summed E-state index contributed by atoms with van der Waals surface area (Å²) < 4.78 is 1.17. The summed E-state index contributed by atoms with van der Waals surface area (Å²) in [5.74, 6) is 0.709. The zero-order chi connectivity index (χ0) is 22.2. The summed E-state index contributed by atoms with van der Waals surface area (Å²) in [6.45, 7) is 1.61. The molecule has 3 heteroatoms. The number of piperidine rings is 1. The second-order valence-corrected chi connectivity index (χ2v) is 9.86. The number of benzene rings is 4. The first-order valence-corrected chi connectivity index (χ1v) is 12.4. The zero-order valence-corrected chi connectivity index (χ0v) is 19.2. The van der Waals surface area contributed by atoms with Crippen molar-refractivity contribution in [3.63, 3.8) is 0 Å². The van der Waals surface area contributed by atoms with Crippen LogP contribution in [0.4, 0.5) is 0 Å². The van der Waals surface area contributed by atoms with Crippen molar-refractivity contribution in [3.8, 4) is 11.1 Å². The van der Waals surface area contributed by atoms with E-state index in [0.29, 0.717) is 5.92 Å². The molecule has 1 amide bonds. The van der Waals surface area contributed by atoms with E-state index in [2.05, 4.69) is 102 Å². The summed E-state index contributed by atoms with van der Waals surface area (Å²) in [4.78, 5) is 16.8. The van der Waals surface area contributed by atoms with Crippen LogP contribution in [0.2, 0.25) is 0 Å². The van der Waals surface area contributed by atoms with Gasteiger partial charge in [-0.1, -0.05) is 91.0 Å². The minimum atomic E-state index is 0.172. The van der Waals surface area contributed by atoms with Gasteiger partial charge in [-0.2, -0.15) is 0 Å². The number of hydrogen-bond donors (Lipinski definition) is 0. The van der Waals surface area contributed by atoms with E-state index >= 15 is 0 Å². The monoisotopic (exact) mass is 447 g/mol. The van der Waals surface area contributed by atoms with Gasteiger partial charge in [-0.15, -0.1) is 11.3 Å². The number of carbonyl (C=O) groups is 1. The van der Waals surface area contributed by atoms with Gasteiger partial charge in [0, 0.05) is 28.7 Å². The van der Waals surface area contributed by atoms with Crippen LogP contribution in [0.25, 0.3) is 32.0 Å². The molecule has 1 aliphatic rings. The molecule has 6 rings (SSSR count). The second-order valence-electron chi connectivity index (χ2n) is 8.81. The summed E-state index contributed by atoms with van der Waals surface area (Å²) in [5, 5.41) is 3.56. The van der Waals surface area contributed by atoms with Crippen molar-refractivity contribution < 1.29 is 4.79 Å². The number of amides is 1. The average Bonchev–Trinajstić information content (AvgIpc) is 3.28.